The van der Waals surface area contributed by atoms with Gasteiger partial charge in [0, 0.05) is 13.3 Å². The first-order valence-corrected chi connectivity index (χ1v) is 8.84. The summed E-state index contributed by atoms with van der Waals surface area (Å²) in [6.07, 6.45) is -0.221. The van der Waals surface area contributed by atoms with Crippen LogP contribution in [0.3, 0.4) is 0 Å². The minimum Gasteiger partial charge on any atom is -0.480 e. The van der Waals surface area contributed by atoms with Crippen LogP contribution in [0.5, 0.6) is 0 Å². The molecule has 0 aromatic heterocycles. The average Bonchev–Trinajstić information content (AvgIpc) is 2.58. The van der Waals surface area contributed by atoms with Crippen molar-refractivity contribution in [3.05, 3.63) is 35.6 Å². The van der Waals surface area contributed by atoms with E-state index in [2.05, 4.69) is 10.6 Å². The molecule has 0 aliphatic carbocycles. The monoisotopic (exact) mass is 396 g/mol. The summed E-state index contributed by atoms with van der Waals surface area (Å²) in [7, 11) is 0. The number of carbonyl (C=O) groups is 4. The van der Waals surface area contributed by atoms with Gasteiger partial charge in [0.2, 0.25) is 11.8 Å². The fourth-order valence-electron chi connectivity index (χ4n) is 2.66. The molecule has 28 heavy (non-hydrogen) atoms. The Bertz CT molecular complexity index is 724. The summed E-state index contributed by atoms with van der Waals surface area (Å²) in [5.41, 5.74) is 0.459. The summed E-state index contributed by atoms with van der Waals surface area (Å²) in [5, 5.41) is 14.2. The van der Waals surface area contributed by atoms with E-state index in [-0.39, 0.29) is 19.4 Å². The summed E-state index contributed by atoms with van der Waals surface area (Å²) >= 11 is 0. The number of amides is 2. The summed E-state index contributed by atoms with van der Waals surface area (Å²) < 4.78 is 18.2. The van der Waals surface area contributed by atoms with Crippen molar-refractivity contribution < 1.29 is 33.4 Å². The number of carboxylic acids is 1. The smallest absolute Gasteiger partial charge is 0.326 e. The van der Waals surface area contributed by atoms with Gasteiger partial charge in [-0.05, 0) is 30.5 Å². The second-order valence-electron chi connectivity index (χ2n) is 6.40. The molecule has 154 valence electrons. The molecule has 3 atom stereocenters. The summed E-state index contributed by atoms with van der Waals surface area (Å²) in [5.74, 6) is -4.38. The SMILES string of the molecule is CCOC(=O)C[C@@H](C)[C@H](NC(=O)[C@H](Cc1cccc(F)c1)NC(C)=O)C(=O)O. The predicted molar refractivity (Wildman–Crippen MR) is 97.7 cm³/mol. The molecule has 1 aromatic carbocycles. The second kappa shape index (κ2) is 11.0. The molecule has 0 spiro atoms. The van der Waals surface area contributed by atoms with E-state index in [4.69, 9.17) is 4.74 Å². The fourth-order valence-corrected chi connectivity index (χ4v) is 2.66. The molecule has 0 unspecified atom stereocenters. The van der Waals surface area contributed by atoms with Crippen LogP contribution in [0.2, 0.25) is 0 Å². The molecule has 0 radical (unpaired) electrons. The number of rotatable bonds is 10. The van der Waals surface area contributed by atoms with Crippen molar-refractivity contribution in [2.24, 2.45) is 5.92 Å². The van der Waals surface area contributed by atoms with E-state index in [1.807, 2.05) is 0 Å². The van der Waals surface area contributed by atoms with Crippen molar-refractivity contribution in [2.75, 3.05) is 6.61 Å². The van der Waals surface area contributed by atoms with E-state index in [0.29, 0.717) is 5.56 Å². The molecule has 1 rings (SSSR count). The minimum atomic E-state index is -1.36. The standard InChI is InChI=1S/C19H25FN2O6/c1-4-28-16(24)8-11(2)17(19(26)27)22-18(25)15(21-12(3)23)10-13-6-5-7-14(20)9-13/h5-7,9,11,15,17H,4,8,10H2,1-3H3,(H,21,23)(H,22,25)(H,26,27)/t11-,15+,17+/m1/s1. The molecule has 0 fully saturated rings. The summed E-state index contributed by atoms with van der Waals surface area (Å²) in [4.78, 5) is 47.2. The van der Waals surface area contributed by atoms with Crippen molar-refractivity contribution in [3.63, 3.8) is 0 Å². The number of hydrogen-bond acceptors (Lipinski definition) is 5. The highest BCUT2D eigenvalue weighted by Crippen LogP contribution is 2.12. The molecule has 1 aromatic rings. The van der Waals surface area contributed by atoms with Gasteiger partial charge in [-0.15, -0.1) is 0 Å². The Balaban J connectivity index is 2.91. The maximum absolute atomic E-state index is 13.4. The van der Waals surface area contributed by atoms with Gasteiger partial charge in [-0.1, -0.05) is 19.1 Å². The van der Waals surface area contributed by atoms with E-state index in [9.17, 15) is 28.7 Å². The van der Waals surface area contributed by atoms with Gasteiger partial charge in [0.25, 0.3) is 0 Å². The Morgan fingerprint density at radius 3 is 2.43 bits per heavy atom. The first kappa shape index (κ1) is 23.1. The molecule has 0 heterocycles. The van der Waals surface area contributed by atoms with Crippen LogP contribution in [0.15, 0.2) is 24.3 Å². The van der Waals surface area contributed by atoms with Crippen molar-refractivity contribution >= 4 is 23.8 Å². The number of carbonyl (C=O) groups excluding carboxylic acids is 3. The van der Waals surface area contributed by atoms with Gasteiger partial charge in [0.15, 0.2) is 0 Å². The van der Waals surface area contributed by atoms with Crippen LogP contribution in [0.25, 0.3) is 0 Å². The Labute approximate surface area is 162 Å². The molecule has 0 saturated heterocycles. The van der Waals surface area contributed by atoms with Crippen LogP contribution in [0, 0.1) is 11.7 Å². The zero-order chi connectivity index (χ0) is 21.3. The first-order chi connectivity index (χ1) is 13.1. The van der Waals surface area contributed by atoms with Gasteiger partial charge in [-0.25, -0.2) is 9.18 Å². The quantitative estimate of drug-likeness (QED) is 0.508. The summed E-state index contributed by atoms with van der Waals surface area (Å²) in [6.45, 7) is 4.50. The van der Waals surface area contributed by atoms with E-state index in [1.54, 1.807) is 13.0 Å². The molecule has 9 heteroatoms. The largest absolute Gasteiger partial charge is 0.480 e. The first-order valence-electron chi connectivity index (χ1n) is 8.84. The highest BCUT2D eigenvalue weighted by Gasteiger charge is 2.31. The molecular formula is C19H25FN2O6. The van der Waals surface area contributed by atoms with Crippen molar-refractivity contribution in [3.8, 4) is 0 Å². The molecule has 3 N–H and O–H groups in total. The van der Waals surface area contributed by atoms with Gasteiger partial charge < -0.3 is 20.5 Å². The highest BCUT2D eigenvalue weighted by atomic mass is 19.1. The lowest BCUT2D eigenvalue weighted by Gasteiger charge is -2.24. The fraction of sp³-hybridized carbons (Fsp3) is 0.474. The van der Waals surface area contributed by atoms with E-state index >= 15 is 0 Å². The third kappa shape index (κ3) is 7.73. The maximum Gasteiger partial charge on any atom is 0.326 e. The van der Waals surface area contributed by atoms with Gasteiger partial charge >= 0.3 is 11.9 Å². The number of ether oxygens (including phenoxy) is 1. The molecule has 0 bridgehead atoms. The van der Waals surface area contributed by atoms with Crippen LogP contribution in [0.1, 0.15) is 32.8 Å². The Morgan fingerprint density at radius 2 is 1.89 bits per heavy atom. The zero-order valence-electron chi connectivity index (χ0n) is 16.0. The third-order valence-electron chi connectivity index (χ3n) is 3.95. The average molecular weight is 396 g/mol. The van der Waals surface area contributed by atoms with E-state index in [1.165, 1.54) is 32.0 Å². The van der Waals surface area contributed by atoms with Crippen molar-refractivity contribution in [2.45, 2.75) is 45.7 Å². The van der Waals surface area contributed by atoms with Gasteiger partial charge in [0.05, 0.1) is 13.0 Å². The van der Waals surface area contributed by atoms with Gasteiger partial charge in [-0.3, -0.25) is 14.4 Å². The molecule has 8 nitrogen and oxygen atoms in total. The Morgan fingerprint density at radius 1 is 1.21 bits per heavy atom. The Kier molecular flexibility index (Phi) is 9.07. The summed E-state index contributed by atoms with van der Waals surface area (Å²) in [6, 6.07) is 3.06. The molecular weight excluding hydrogens is 371 g/mol. The topological polar surface area (TPSA) is 122 Å². The molecule has 2 amide bonds. The number of hydrogen-bond donors (Lipinski definition) is 3. The lowest BCUT2D eigenvalue weighted by molar-refractivity contribution is -0.147. The van der Waals surface area contributed by atoms with Crippen molar-refractivity contribution in [1.29, 1.82) is 0 Å². The van der Waals surface area contributed by atoms with Gasteiger partial charge in [0.1, 0.15) is 17.9 Å². The predicted octanol–water partition coefficient (Wildman–Crippen LogP) is 1.03. The number of aliphatic carboxylic acids is 1. The lowest BCUT2D eigenvalue weighted by Crippen LogP contribution is -2.54. The lowest BCUT2D eigenvalue weighted by atomic mass is 9.97. The van der Waals surface area contributed by atoms with E-state index in [0.717, 1.165) is 0 Å². The van der Waals surface area contributed by atoms with Crippen molar-refractivity contribution in [1.82, 2.24) is 10.6 Å². The Hall–Kier alpha value is -2.97. The highest BCUT2D eigenvalue weighted by molar-refractivity contribution is 5.90. The third-order valence-corrected chi connectivity index (χ3v) is 3.95. The van der Waals surface area contributed by atoms with Crippen LogP contribution < -0.4 is 10.6 Å². The zero-order valence-corrected chi connectivity index (χ0v) is 16.0. The minimum absolute atomic E-state index is 0.0260. The van der Waals surface area contributed by atoms with E-state index < -0.39 is 47.6 Å². The normalized spacial score (nSPS) is 13.7. The number of benzene rings is 1. The van der Waals surface area contributed by atoms with Crippen LogP contribution in [0.4, 0.5) is 4.39 Å². The molecule has 0 saturated carbocycles. The number of halogens is 1. The molecule has 0 aliphatic rings. The van der Waals surface area contributed by atoms with Crippen LogP contribution in [-0.2, 0) is 30.3 Å². The van der Waals surface area contributed by atoms with Crippen LogP contribution >= 0.6 is 0 Å². The maximum atomic E-state index is 13.4. The van der Waals surface area contributed by atoms with Crippen LogP contribution in [-0.4, -0.2) is 47.6 Å². The second-order valence-corrected chi connectivity index (χ2v) is 6.40. The number of esters is 1. The molecule has 0 aliphatic heterocycles. The van der Waals surface area contributed by atoms with Gasteiger partial charge in [-0.2, -0.15) is 0 Å². The number of nitrogens with one attached hydrogen (secondary N) is 2. The number of carboxylic acid groups (broad SMARTS) is 1.